The Kier molecular flexibility index (Phi) is 4.95. The van der Waals surface area contributed by atoms with E-state index in [1.807, 2.05) is 0 Å². The molecular formula is C16H16FN3O4S. The number of anilines is 1. The van der Waals surface area contributed by atoms with E-state index in [1.54, 1.807) is 4.90 Å². The van der Waals surface area contributed by atoms with Crippen LogP contribution in [-0.4, -0.2) is 50.5 Å². The molecule has 132 valence electrons. The number of hydrogen-bond donors (Lipinski definition) is 1. The van der Waals surface area contributed by atoms with E-state index in [1.165, 1.54) is 30.5 Å². The zero-order valence-electron chi connectivity index (χ0n) is 13.2. The number of carbonyl (C=O) groups excluding carboxylic acids is 1. The van der Waals surface area contributed by atoms with Crippen molar-refractivity contribution in [3.63, 3.8) is 0 Å². The number of nitrogens with zero attached hydrogens (tertiary/aromatic N) is 2. The molecule has 9 heteroatoms. The predicted octanol–water partition coefficient (Wildman–Crippen LogP) is 1.49. The lowest BCUT2D eigenvalue weighted by molar-refractivity contribution is 0.0299. The van der Waals surface area contributed by atoms with Gasteiger partial charge in [-0.1, -0.05) is 0 Å². The Bertz CT molecular complexity index is 865. The molecule has 1 aromatic carbocycles. The van der Waals surface area contributed by atoms with E-state index in [4.69, 9.17) is 4.74 Å². The molecule has 0 saturated carbocycles. The van der Waals surface area contributed by atoms with Crippen molar-refractivity contribution >= 4 is 21.6 Å². The molecule has 1 N–H and O–H groups in total. The Balaban J connectivity index is 1.79. The topological polar surface area (TPSA) is 88.6 Å². The monoisotopic (exact) mass is 365 g/mol. The van der Waals surface area contributed by atoms with Crippen LogP contribution in [-0.2, 0) is 14.8 Å². The first-order valence-corrected chi connectivity index (χ1v) is 9.05. The molecule has 2 aromatic rings. The second kappa shape index (κ2) is 7.16. The number of amides is 1. The summed E-state index contributed by atoms with van der Waals surface area (Å²) in [4.78, 5) is 18.0. The zero-order valence-corrected chi connectivity index (χ0v) is 14.0. The number of ether oxygens (including phenoxy) is 1. The molecule has 1 aromatic heterocycles. The fourth-order valence-corrected chi connectivity index (χ4v) is 3.42. The number of halogens is 1. The highest BCUT2D eigenvalue weighted by Gasteiger charge is 2.21. The number of sulfonamides is 1. The van der Waals surface area contributed by atoms with Crippen LogP contribution in [0.3, 0.4) is 0 Å². The maximum atomic E-state index is 12.9. The Hall–Kier alpha value is -2.52. The van der Waals surface area contributed by atoms with E-state index in [0.29, 0.717) is 26.3 Å². The first kappa shape index (κ1) is 17.3. The second-order valence-electron chi connectivity index (χ2n) is 5.39. The van der Waals surface area contributed by atoms with Crippen LogP contribution in [0, 0.1) is 5.82 Å². The first-order valence-electron chi connectivity index (χ1n) is 7.57. The minimum absolute atomic E-state index is 0.0771. The van der Waals surface area contributed by atoms with Gasteiger partial charge in [0.15, 0.2) is 0 Å². The van der Waals surface area contributed by atoms with Gasteiger partial charge >= 0.3 is 0 Å². The minimum atomic E-state index is -3.89. The summed E-state index contributed by atoms with van der Waals surface area (Å²) in [5.41, 5.74) is 0.345. The van der Waals surface area contributed by atoms with Gasteiger partial charge in [-0.15, -0.1) is 0 Å². The third-order valence-electron chi connectivity index (χ3n) is 3.65. The fraction of sp³-hybridized carbons (Fsp3) is 0.250. The molecule has 2 heterocycles. The van der Waals surface area contributed by atoms with E-state index in [9.17, 15) is 17.6 Å². The third kappa shape index (κ3) is 4.12. The van der Waals surface area contributed by atoms with E-state index in [2.05, 4.69) is 9.71 Å². The Morgan fingerprint density at radius 3 is 2.52 bits per heavy atom. The van der Waals surface area contributed by atoms with Crippen molar-refractivity contribution in [2.75, 3.05) is 31.0 Å². The van der Waals surface area contributed by atoms with E-state index >= 15 is 0 Å². The molecule has 1 fully saturated rings. The summed E-state index contributed by atoms with van der Waals surface area (Å²) in [7, 11) is -3.89. The molecule has 1 aliphatic heterocycles. The van der Waals surface area contributed by atoms with Crippen molar-refractivity contribution in [3.05, 3.63) is 54.1 Å². The maximum absolute atomic E-state index is 12.9. The number of hydrogen-bond acceptors (Lipinski definition) is 5. The molecule has 25 heavy (non-hydrogen) atoms. The SMILES string of the molecule is O=C(c1cc(NS(=O)(=O)c2ccc(F)cc2)ccn1)N1CCOCC1. The zero-order chi connectivity index (χ0) is 17.9. The normalized spacial score (nSPS) is 15.0. The highest BCUT2D eigenvalue weighted by Crippen LogP contribution is 2.17. The van der Waals surface area contributed by atoms with Gasteiger partial charge in [0.1, 0.15) is 11.5 Å². The van der Waals surface area contributed by atoms with Crippen LogP contribution < -0.4 is 4.72 Å². The predicted molar refractivity (Wildman–Crippen MR) is 88.2 cm³/mol. The molecule has 0 aliphatic carbocycles. The van der Waals surface area contributed by atoms with Crippen molar-refractivity contribution in [1.29, 1.82) is 0 Å². The van der Waals surface area contributed by atoms with Gasteiger partial charge in [0.2, 0.25) is 0 Å². The summed E-state index contributed by atoms with van der Waals surface area (Å²) in [5, 5.41) is 0. The molecule has 7 nitrogen and oxygen atoms in total. The van der Waals surface area contributed by atoms with Gasteiger partial charge < -0.3 is 9.64 Å². The summed E-state index contributed by atoms with van der Waals surface area (Å²) in [6, 6.07) is 7.27. The number of pyridine rings is 1. The summed E-state index contributed by atoms with van der Waals surface area (Å²) in [6.45, 7) is 1.85. The number of benzene rings is 1. The second-order valence-corrected chi connectivity index (χ2v) is 7.08. The molecule has 0 bridgehead atoms. The molecule has 1 amide bonds. The van der Waals surface area contributed by atoms with Crippen molar-refractivity contribution < 1.29 is 22.3 Å². The Morgan fingerprint density at radius 1 is 1.16 bits per heavy atom. The van der Waals surface area contributed by atoms with E-state index < -0.39 is 15.8 Å². The van der Waals surface area contributed by atoms with E-state index in [0.717, 1.165) is 12.1 Å². The molecular weight excluding hydrogens is 349 g/mol. The molecule has 0 atom stereocenters. The number of aromatic nitrogens is 1. The van der Waals surface area contributed by atoms with Crippen LogP contribution in [0.1, 0.15) is 10.5 Å². The number of carbonyl (C=O) groups is 1. The van der Waals surface area contributed by atoms with Crippen molar-refractivity contribution in [2.24, 2.45) is 0 Å². The minimum Gasteiger partial charge on any atom is -0.378 e. The lowest BCUT2D eigenvalue weighted by Crippen LogP contribution is -2.41. The number of morpholine rings is 1. The average molecular weight is 365 g/mol. The molecule has 1 saturated heterocycles. The lowest BCUT2D eigenvalue weighted by Gasteiger charge is -2.26. The summed E-state index contributed by atoms with van der Waals surface area (Å²) >= 11 is 0. The van der Waals surface area contributed by atoms with Crippen molar-refractivity contribution in [1.82, 2.24) is 9.88 Å². The quantitative estimate of drug-likeness (QED) is 0.887. The maximum Gasteiger partial charge on any atom is 0.272 e. The fourth-order valence-electron chi connectivity index (χ4n) is 2.37. The van der Waals surface area contributed by atoms with Gasteiger partial charge in [-0.2, -0.15) is 0 Å². The van der Waals surface area contributed by atoms with Gasteiger partial charge in [-0.05, 0) is 36.4 Å². The smallest absolute Gasteiger partial charge is 0.272 e. The van der Waals surface area contributed by atoms with E-state index in [-0.39, 0.29) is 22.2 Å². The van der Waals surface area contributed by atoms with Crippen LogP contribution in [0.15, 0.2) is 47.5 Å². The summed E-state index contributed by atoms with van der Waals surface area (Å²) in [5.74, 6) is -0.813. The van der Waals surface area contributed by atoms with Gasteiger partial charge in [-0.25, -0.2) is 12.8 Å². The lowest BCUT2D eigenvalue weighted by atomic mass is 10.2. The van der Waals surface area contributed by atoms with Crippen LogP contribution in [0.5, 0.6) is 0 Å². The standard InChI is InChI=1S/C16H16FN3O4S/c17-12-1-3-14(4-2-12)25(22,23)19-13-5-6-18-15(11-13)16(21)20-7-9-24-10-8-20/h1-6,11H,7-10H2,(H,18,19). The first-order chi connectivity index (χ1) is 12.0. The van der Waals surface area contributed by atoms with Crippen molar-refractivity contribution in [2.45, 2.75) is 4.90 Å². The highest BCUT2D eigenvalue weighted by atomic mass is 32.2. The Morgan fingerprint density at radius 2 is 1.84 bits per heavy atom. The molecule has 1 aliphatic rings. The van der Waals surface area contributed by atoms with Gasteiger partial charge in [-0.3, -0.25) is 14.5 Å². The highest BCUT2D eigenvalue weighted by molar-refractivity contribution is 7.92. The molecule has 0 unspecified atom stereocenters. The largest absolute Gasteiger partial charge is 0.378 e. The Labute approximate surface area is 144 Å². The van der Waals surface area contributed by atoms with Gasteiger partial charge in [0.25, 0.3) is 15.9 Å². The summed E-state index contributed by atoms with van der Waals surface area (Å²) in [6.07, 6.45) is 1.36. The van der Waals surface area contributed by atoms with Crippen molar-refractivity contribution in [3.8, 4) is 0 Å². The average Bonchev–Trinajstić information content (AvgIpc) is 2.62. The molecule has 0 radical (unpaired) electrons. The molecule has 0 spiro atoms. The molecule has 3 rings (SSSR count). The van der Waals surface area contributed by atoms with Crippen LogP contribution in [0.4, 0.5) is 10.1 Å². The third-order valence-corrected chi connectivity index (χ3v) is 5.05. The summed E-state index contributed by atoms with van der Waals surface area (Å²) < 4.78 is 45.2. The van der Waals surface area contributed by atoms with Gasteiger partial charge in [0, 0.05) is 19.3 Å². The number of nitrogens with one attached hydrogen (secondary N) is 1. The van der Waals surface area contributed by atoms with Crippen LogP contribution in [0.2, 0.25) is 0 Å². The van der Waals surface area contributed by atoms with Crippen LogP contribution >= 0.6 is 0 Å². The van der Waals surface area contributed by atoms with Gasteiger partial charge in [0.05, 0.1) is 23.8 Å². The number of rotatable bonds is 4. The van der Waals surface area contributed by atoms with Crippen LogP contribution in [0.25, 0.3) is 0 Å².